The molecular weight excluding hydrogens is 708 g/mol. The summed E-state index contributed by atoms with van der Waals surface area (Å²) in [7, 11) is 4.41. The normalized spacial score (nSPS) is 28.1. The van der Waals surface area contributed by atoms with E-state index in [0.29, 0.717) is 6.61 Å². The molecule has 294 valence electrons. The molecule has 0 radical (unpaired) electrons. The van der Waals surface area contributed by atoms with Gasteiger partial charge in [-0.15, -0.1) is 0 Å². The molecule has 4 unspecified atom stereocenters. The first kappa shape index (κ1) is 40.6. The van der Waals surface area contributed by atoms with Gasteiger partial charge in [-0.25, -0.2) is 4.79 Å². The topological polar surface area (TPSA) is 130 Å². The molecule has 2 heterocycles. The van der Waals surface area contributed by atoms with Crippen LogP contribution in [0.1, 0.15) is 22.3 Å². The molecule has 4 aromatic rings. The van der Waals surface area contributed by atoms with Crippen molar-refractivity contribution in [3.05, 3.63) is 144 Å². The van der Waals surface area contributed by atoms with Crippen LogP contribution >= 0.6 is 0 Å². The second-order valence-corrected chi connectivity index (χ2v) is 13.3. The summed E-state index contributed by atoms with van der Waals surface area (Å²) < 4.78 is 62.2. The Morgan fingerprint density at radius 1 is 0.545 bits per heavy atom. The van der Waals surface area contributed by atoms with Gasteiger partial charge in [0.15, 0.2) is 18.7 Å². The van der Waals surface area contributed by atoms with Gasteiger partial charge in [0, 0.05) is 21.3 Å². The summed E-state index contributed by atoms with van der Waals surface area (Å²) in [5.41, 5.74) is 3.61. The SMILES string of the molecule is COC1[C@H](O[C@H]2C(OCc3ccccc3)C(OCc3ccccc3)[C@@H](OC)O[C@H]2COCc2ccccc2)OC(C(=O)OCc2ccccc2)[C@H](O)[C@H]1OC. The minimum Gasteiger partial charge on any atom is -0.459 e. The Hall–Kier alpha value is -4.05. The summed E-state index contributed by atoms with van der Waals surface area (Å²) in [5.74, 6) is -0.787. The molecule has 0 aliphatic carbocycles. The summed E-state index contributed by atoms with van der Waals surface area (Å²) in [6, 6.07) is 38.5. The maximum Gasteiger partial charge on any atom is 0.338 e. The number of hydrogen-bond acceptors (Lipinski definition) is 12. The molecule has 2 saturated heterocycles. The van der Waals surface area contributed by atoms with Gasteiger partial charge in [0.2, 0.25) is 0 Å². The molecule has 12 heteroatoms. The molecule has 10 atom stereocenters. The fourth-order valence-electron chi connectivity index (χ4n) is 6.75. The number of benzene rings is 4. The third kappa shape index (κ3) is 10.8. The quantitative estimate of drug-likeness (QED) is 0.137. The van der Waals surface area contributed by atoms with Crippen LogP contribution in [-0.4, -0.2) is 100 Å². The lowest BCUT2D eigenvalue weighted by Crippen LogP contribution is -2.66. The van der Waals surface area contributed by atoms with Gasteiger partial charge in [0.1, 0.15) is 49.3 Å². The molecule has 12 nitrogen and oxygen atoms in total. The number of rotatable bonds is 18. The minimum absolute atomic E-state index is 0.0192. The van der Waals surface area contributed by atoms with Gasteiger partial charge in [-0.1, -0.05) is 121 Å². The molecule has 2 aliphatic rings. The molecular formula is C43H50O12. The van der Waals surface area contributed by atoms with Crippen molar-refractivity contribution in [2.45, 2.75) is 87.8 Å². The Morgan fingerprint density at radius 2 is 1.04 bits per heavy atom. The smallest absolute Gasteiger partial charge is 0.338 e. The number of methoxy groups -OCH3 is 3. The Kier molecular flexibility index (Phi) is 15.3. The molecule has 0 aromatic heterocycles. The lowest BCUT2D eigenvalue weighted by molar-refractivity contribution is -0.366. The zero-order valence-corrected chi connectivity index (χ0v) is 31.3. The molecule has 0 spiro atoms. The highest BCUT2D eigenvalue weighted by atomic mass is 16.8. The van der Waals surface area contributed by atoms with E-state index in [0.717, 1.165) is 22.3 Å². The number of ether oxygens (including phenoxy) is 10. The van der Waals surface area contributed by atoms with Crippen molar-refractivity contribution in [3.63, 3.8) is 0 Å². The van der Waals surface area contributed by atoms with Crippen molar-refractivity contribution in [3.8, 4) is 0 Å². The molecule has 6 rings (SSSR count). The van der Waals surface area contributed by atoms with Gasteiger partial charge in [0.25, 0.3) is 0 Å². The van der Waals surface area contributed by atoms with Gasteiger partial charge in [-0.3, -0.25) is 0 Å². The zero-order valence-electron chi connectivity index (χ0n) is 31.3. The second kappa shape index (κ2) is 20.7. The molecule has 0 bridgehead atoms. The molecule has 2 fully saturated rings. The number of esters is 1. The highest BCUT2D eigenvalue weighted by Crippen LogP contribution is 2.35. The van der Waals surface area contributed by atoms with Gasteiger partial charge < -0.3 is 52.5 Å². The van der Waals surface area contributed by atoms with Crippen molar-refractivity contribution in [2.75, 3.05) is 27.9 Å². The zero-order chi connectivity index (χ0) is 38.4. The summed E-state index contributed by atoms with van der Waals surface area (Å²) >= 11 is 0. The third-order valence-corrected chi connectivity index (χ3v) is 9.60. The monoisotopic (exact) mass is 758 g/mol. The van der Waals surface area contributed by atoms with Gasteiger partial charge in [-0.2, -0.15) is 0 Å². The first-order valence-electron chi connectivity index (χ1n) is 18.3. The van der Waals surface area contributed by atoms with Crippen LogP contribution in [-0.2, 0) is 78.6 Å². The lowest BCUT2D eigenvalue weighted by atomic mass is 9.96. The van der Waals surface area contributed by atoms with Gasteiger partial charge in [-0.05, 0) is 22.3 Å². The second-order valence-electron chi connectivity index (χ2n) is 13.3. The van der Waals surface area contributed by atoms with Crippen molar-refractivity contribution in [1.29, 1.82) is 0 Å². The predicted octanol–water partition coefficient (Wildman–Crippen LogP) is 4.99. The first-order chi connectivity index (χ1) is 27.0. The fourth-order valence-corrected chi connectivity index (χ4v) is 6.75. The average Bonchev–Trinajstić information content (AvgIpc) is 3.23. The Bertz CT molecular complexity index is 1680. The van der Waals surface area contributed by atoms with Gasteiger partial charge in [0.05, 0.1) is 26.4 Å². The van der Waals surface area contributed by atoms with E-state index in [1.165, 1.54) is 14.2 Å². The van der Waals surface area contributed by atoms with E-state index < -0.39 is 67.4 Å². The van der Waals surface area contributed by atoms with Crippen LogP contribution in [0.4, 0.5) is 0 Å². The Balaban J connectivity index is 1.31. The van der Waals surface area contributed by atoms with Crippen molar-refractivity contribution < 1.29 is 57.3 Å². The number of carbonyl (C=O) groups is 1. The lowest BCUT2D eigenvalue weighted by Gasteiger charge is -2.48. The third-order valence-electron chi connectivity index (χ3n) is 9.60. The number of carbonyl (C=O) groups excluding carboxylic acids is 1. The number of hydrogen-bond donors (Lipinski definition) is 1. The average molecular weight is 759 g/mol. The van der Waals surface area contributed by atoms with E-state index in [-0.39, 0.29) is 26.4 Å². The first-order valence-corrected chi connectivity index (χ1v) is 18.3. The van der Waals surface area contributed by atoms with Crippen LogP contribution in [0.5, 0.6) is 0 Å². The number of aliphatic hydroxyl groups excluding tert-OH is 1. The maximum absolute atomic E-state index is 13.5. The number of aliphatic hydroxyl groups is 1. The molecule has 0 saturated carbocycles. The molecule has 0 amide bonds. The van der Waals surface area contributed by atoms with Crippen molar-refractivity contribution >= 4 is 5.97 Å². The standard InChI is InChI=1S/C43H50O12/c1-46-36-34(44)37(41(45)52-27-32-22-14-7-15-23-32)55-43(39(36)47-2)54-35-33(28-49-24-29-16-8-4-9-17-29)53-42(48-3)40(51-26-31-20-12-6-13-21-31)38(35)50-25-30-18-10-5-11-19-30/h4-23,33-40,42-44H,24-28H2,1-3H3/t33-,34+,35+,36+,37?,38?,39?,40?,42-,43+/m0/s1. The van der Waals surface area contributed by atoms with E-state index in [1.54, 1.807) is 7.11 Å². The minimum atomic E-state index is -1.47. The van der Waals surface area contributed by atoms with E-state index >= 15 is 0 Å². The fraction of sp³-hybridized carbons (Fsp3) is 0.419. The predicted molar refractivity (Wildman–Crippen MR) is 199 cm³/mol. The highest BCUT2D eigenvalue weighted by molar-refractivity contribution is 5.75. The molecule has 55 heavy (non-hydrogen) atoms. The van der Waals surface area contributed by atoms with E-state index in [2.05, 4.69) is 0 Å². The van der Waals surface area contributed by atoms with Crippen molar-refractivity contribution in [1.82, 2.24) is 0 Å². The Labute approximate surface area is 322 Å². The summed E-state index contributed by atoms with van der Waals surface area (Å²) in [5, 5.41) is 11.4. The van der Waals surface area contributed by atoms with Crippen molar-refractivity contribution in [2.24, 2.45) is 0 Å². The van der Waals surface area contributed by atoms with E-state index in [1.807, 2.05) is 121 Å². The highest BCUT2D eigenvalue weighted by Gasteiger charge is 2.55. The van der Waals surface area contributed by atoms with Crippen LogP contribution in [0, 0.1) is 0 Å². The summed E-state index contributed by atoms with van der Waals surface area (Å²) in [6.07, 6.45) is -10.4. The molecule has 2 aliphatic heterocycles. The van der Waals surface area contributed by atoms with Crippen LogP contribution in [0.3, 0.4) is 0 Å². The van der Waals surface area contributed by atoms with Crippen LogP contribution in [0.15, 0.2) is 121 Å². The van der Waals surface area contributed by atoms with E-state index in [9.17, 15) is 9.90 Å². The van der Waals surface area contributed by atoms with Crippen LogP contribution < -0.4 is 0 Å². The van der Waals surface area contributed by atoms with E-state index in [4.69, 9.17) is 47.4 Å². The summed E-state index contributed by atoms with van der Waals surface area (Å²) in [6.45, 7) is 0.795. The molecule has 1 N–H and O–H groups in total. The van der Waals surface area contributed by atoms with Crippen LogP contribution in [0.2, 0.25) is 0 Å². The van der Waals surface area contributed by atoms with Gasteiger partial charge >= 0.3 is 5.97 Å². The van der Waals surface area contributed by atoms with Crippen LogP contribution in [0.25, 0.3) is 0 Å². The molecule has 4 aromatic carbocycles. The summed E-state index contributed by atoms with van der Waals surface area (Å²) in [4.78, 5) is 13.5. The largest absolute Gasteiger partial charge is 0.459 e. The Morgan fingerprint density at radius 3 is 1.55 bits per heavy atom. The maximum atomic E-state index is 13.5.